The molecule has 0 fully saturated rings. The van der Waals surface area contributed by atoms with Gasteiger partial charge in [0.05, 0.1) is 27.7 Å². The number of hydrogen-bond acceptors (Lipinski definition) is 1. The molecule has 3 heteroatoms. The van der Waals surface area contributed by atoms with Crippen molar-refractivity contribution in [2.24, 2.45) is 5.41 Å². The monoisotopic (exact) mass is 213 g/mol. The summed E-state index contributed by atoms with van der Waals surface area (Å²) in [5.41, 5.74) is 0.121. The number of carbonyl (C=O) groups excluding carboxylic acids is 1. The van der Waals surface area contributed by atoms with E-state index in [1.807, 2.05) is 6.92 Å². The summed E-state index contributed by atoms with van der Waals surface area (Å²) in [4.78, 5) is 11.3. The number of carbonyl (C=O) groups is 1. The largest absolute Gasteiger partial charge is 0.352 e. The van der Waals surface area contributed by atoms with Crippen molar-refractivity contribution in [2.45, 2.75) is 20.8 Å². The second-order valence-corrected chi connectivity index (χ2v) is 5.83. The molecule has 0 bridgehead atoms. The average Bonchev–Trinajstić information content (AvgIpc) is 1.97. The minimum Gasteiger partial charge on any atom is -0.352 e. The van der Waals surface area contributed by atoms with Crippen LogP contribution in [0, 0.1) is 5.41 Å². The van der Waals surface area contributed by atoms with Gasteiger partial charge in [-0.05, 0) is 13.0 Å². The van der Waals surface area contributed by atoms with Crippen LogP contribution < -0.4 is 5.32 Å². The van der Waals surface area contributed by atoms with Crippen molar-refractivity contribution >= 4 is 5.91 Å². The van der Waals surface area contributed by atoms with E-state index in [4.69, 9.17) is 0 Å². The molecular weight excluding hydrogens is 188 g/mol. The van der Waals surface area contributed by atoms with Crippen molar-refractivity contribution < 1.29 is 9.28 Å². The van der Waals surface area contributed by atoms with Gasteiger partial charge in [0.25, 0.3) is 0 Å². The van der Waals surface area contributed by atoms with Crippen LogP contribution in [0.1, 0.15) is 20.8 Å². The van der Waals surface area contributed by atoms with Crippen LogP contribution in [-0.2, 0) is 4.79 Å². The number of allylic oxidation sites excluding steroid dienone is 1. The number of nitrogens with one attached hydrogen (secondary N) is 1. The van der Waals surface area contributed by atoms with Gasteiger partial charge in [0.2, 0.25) is 5.91 Å². The smallest absolute Gasteiger partial charge is 0.243 e. The molecule has 0 aromatic rings. The van der Waals surface area contributed by atoms with Crippen molar-refractivity contribution in [2.75, 3.05) is 34.2 Å². The molecule has 1 amide bonds. The molecule has 0 aliphatic rings. The first-order valence-corrected chi connectivity index (χ1v) is 5.37. The summed E-state index contributed by atoms with van der Waals surface area (Å²) < 4.78 is 0.909. The predicted molar refractivity (Wildman–Crippen MR) is 64.5 cm³/mol. The van der Waals surface area contributed by atoms with Gasteiger partial charge in [0.1, 0.15) is 0 Å². The van der Waals surface area contributed by atoms with Gasteiger partial charge in [-0.3, -0.25) is 4.79 Å². The quantitative estimate of drug-likeness (QED) is 0.543. The fraction of sp³-hybridized carbons (Fsp3) is 0.750. The maximum Gasteiger partial charge on any atom is 0.243 e. The second kappa shape index (κ2) is 5.31. The summed E-state index contributed by atoms with van der Waals surface area (Å²) in [6, 6.07) is 0. The van der Waals surface area contributed by atoms with Gasteiger partial charge in [0.15, 0.2) is 0 Å². The fourth-order valence-electron chi connectivity index (χ4n) is 1.88. The minimum atomic E-state index is -0.00742. The standard InChI is InChI=1S/C12H24N2O/c1-7-8-11(15)13-9-12(2,3)10-14(4,5)6/h7-8H,9-10H2,1-6H3/p+1/b8-7+. The molecule has 1 N–H and O–H groups in total. The van der Waals surface area contributed by atoms with Gasteiger partial charge >= 0.3 is 0 Å². The van der Waals surface area contributed by atoms with Gasteiger partial charge in [0, 0.05) is 12.0 Å². The molecule has 0 saturated carbocycles. The Labute approximate surface area is 93.7 Å². The fourth-order valence-corrected chi connectivity index (χ4v) is 1.88. The summed E-state index contributed by atoms with van der Waals surface area (Å²) in [5.74, 6) is -0.00742. The van der Waals surface area contributed by atoms with E-state index in [0.29, 0.717) is 6.54 Å². The molecule has 0 spiro atoms. The Hall–Kier alpha value is -0.830. The van der Waals surface area contributed by atoms with Gasteiger partial charge in [-0.15, -0.1) is 0 Å². The molecule has 0 saturated heterocycles. The highest BCUT2D eigenvalue weighted by Crippen LogP contribution is 2.17. The summed E-state index contributed by atoms with van der Waals surface area (Å²) in [7, 11) is 6.49. The highest BCUT2D eigenvalue weighted by molar-refractivity contribution is 5.87. The van der Waals surface area contributed by atoms with E-state index in [-0.39, 0.29) is 11.3 Å². The van der Waals surface area contributed by atoms with Gasteiger partial charge in [-0.2, -0.15) is 0 Å². The van der Waals surface area contributed by atoms with Crippen LogP contribution in [0.5, 0.6) is 0 Å². The highest BCUT2D eigenvalue weighted by Gasteiger charge is 2.25. The second-order valence-electron chi connectivity index (χ2n) is 5.83. The van der Waals surface area contributed by atoms with E-state index < -0.39 is 0 Å². The molecule has 0 rings (SSSR count). The molecule has 0 atom stereocenters. The van der Waals surface area contributed by atoms with Crippen molar-refractivity contribution in [1.29, 1.82) is 0 Å². The van der Waals surface area contributed by atoms with Crippen molar-refractivity contribution in [3.8, 4) is 0 Å². The molecule has 0 radical (unpaired) electrons. The number of amides is 1. The number of rotatable bonds is 5. The van der Waals surface area contributed by atoms with Gasteiger partial charge in [-0.25, -0.2) is 0 Å². The lowest BCUT2D eigenvalue weighted by atomic mass is 9.92. The van der Waals surface area contributed by atoms with Crippen LogP contribution >= 0.6 is 0 Å². The third-order valence-electron chi connectivity index (χ3n) is 1.96. The molecule has 0 aliphatic heterocycles. The van der Waals surface area contributed by atoms with Gasteiger partial charge in [-0.1, -0.05) is 19.9 Å². The summed E-state index contributed by atoms with van der Waals surface area (Å²) >= 11 is 0. The van der Waals surface area contributed by atoms with Crippen LogP contribution in [-0.4, -0.2) is 44.6 Å². The summed E-state index contributed by atoms with van der Waals surface area (Å²) in [6.07, 6.45) is 3.31. The van der Waals surface area contributed by atoms with Crippen LogP contribution in [0.2, 0.25) is 0 Å². The minimum absolute atomic E-state index is 0.00742. The lowest BCUT2D eigenvalue weighted by Gasteiger charge is -2.34. The zero-order chi connectivity index (χ0) is 12.1. The zero-order valence-corrected chi connectivity index (χ0v) is 10.9. The van der Waals surface area contributed by atoms with Crippen molar-refractivity contribution in [3.63, 3.8) is 0 Å². The number of nitrogens with zero attached hydrogens (tertiary/aromatic N) is 1. The molecule has 0 aliphatic carbocycles. The Morgan fingerprint density at radius 1 is 1.33 bits per heavy atom. The van der Waals surface area contributed by atoms with Crippen molar-refractivity contribution in [1.82, 2.24) is 5.32 Å². The Bertz CT molecular complexity index is 236. The normalized spacial score (nSPS) is 13.2. The van der Waals surface area contributed by atoms with E-state index in [1.165, 1.54) is 0 Å². The molecule has 3 nitrogen and oxygen atoms in total. The Morgan fingerprint density at radius 3 is 2.27 bits per heavy atom. The maximum absolute atomic E-state index is 11.3. The van der Waals surface area contributed by atoms with E-state index in [9.17, 15) is 4.79 Å². The molecule has 15 heavy (non-hydrogen) atoms. The molecule has 88 valence electrons. The van der Waals surface area contributed by atoms with Gasteiger partial charge < -0.3 is 9.80 Å². The average molecular weight is 213 g/mol. The van der Waals surface area contributed by atoms with Crippen molar-refractivity contribution in [3.05, 3.63) is 12.2 Å². The molecular formula is C12H25N2O+. The van der Waals surface area contributed by atoms with E-state index >= 15 is 0 Å². The number of quaternary nitrogens is 1. The Kier molecular flexibility index (Phi) is 5.01. The first-order valence-electron chi connectivity index (χ1n) is 5.37. The van der Waals surface area contributed by atoms with Crippen LogP contribution in [0.3, 0.4) is 0 Å². The Morgan fingerprint density at radius 2 is 1.87 bits per heavy atom. The zero-order valence-electron chi connectivity index (χ0n) is 10.9. The van der Waals surface area contributed by atoms with Crippen LogP contribution in [0.25, 0.3) is 0 Å². The third kappa shape index (κ3) is 8.18. The Balaban J connectivity index is 4.10. The molecule has 0 aromatic heterocycles. The summed E-state index contributed by atoms with van der Waals surface area (Å²) in [5, 5.41) is 2.91. The van der Waals surface area contributed by atoms with Crippen LogP contribution in [0.15, 0.2) is 12.2 Å². The first-order chi connectivity index (χ1) is 6.66. The van der Waals surface area contributed by atoms with E-state index in [2.05, 4.69) is 40.3 Å². The lowest BCUT2D eigenvalue weighted by Crippen LogP contribution is -2.47. The summed E-state index contributed by atoms with van der Waals surface area (Å²) in [6.45, 7) is 7.93. The first kappa shape index (κ1) is 14.2. The predicted octanol–water partition coefficient (Wildman–Crippen LogP) is 1.41. The van der Waals surface area contributed by atoms with E-state index in [0.717, 1.165) is 11.0 Å². The SMILES string of the molecule is C/C=C/C(=O)NCC(C)(C)C[N+](C)(C)C. The van der Waals surface area contributed by atoms with Crippen LogP contribution in [0.4, 0.5) is 0 Å². The topological polar surface area (TPSA) is 29.1 Å². The molecule has 0 heterocycles. The van der Waals surface area contributed by atoms with E-state index in [1.54, 1.807) is 12.2 Å². The maximum atomic E-state index is 11.3. The molecule has 0 unspecified atom stereocenters. The number of hydrogen-bond donors (Lipinski definition) is 1. The molecule has 0 aromatic carbocycles. The lowest BCUT2D eigenvalue weighted by molar-refractivity contribution is -0.876. The third-order valence-corrected chi connectivity index (χ3v) is 1.96. The highest BCUT2D eigenvalue weighted by atomic mass is 16.1.